The summed E-state index contributed by atoms with van der Waals surface area (Å²) in [6.45, 7) is 4.43. The average molecular weight is 421 g/mol. The Balaban J connectivity index is 2.15. The van der Waals surface area contributed by atoms with Crippen molar-refractivity contribution in [3.63, 3.8) is 0 Å². The number of carbonyl (C=O) groups excluding carboxylic acids is 1. The molecule has 0 aliphatic rings. The Morgan fingerprint density at radius 2 is 1.79 bits per heavy atom. The highest BCUT2D eigenvalue weighted by atomic mass is 32.2. The molecule has 0 aromatic heterocycles. The zero-order valence-electron chi connectivity index (χ0n) is 17.5. The number of amides is 1. The zero-order valence-corrected chi connectivity index (χ0v) is 18.4. The Morgan fingerprint density at radius 3 is 2.34 bits per heavy atom. The second-order valence-electron chi connectivity index (χ2n) is 7.32. The van der Waals surface area contributed by atoms with Gasteiger partial charge in [0.05, 0.1) is 17.7 Å². The molecule has 8 heteroatoms. The Kier molecular flexibility index (Phi) is 7.78. The Labute approximate surface area is 173 Å². The molecule has 0 saturated heterocycles. The van der Waals surface area contributed by atoms with E-state index in [1.165, 1.54) is 39.4 Å². The van der Waals surface area contributed by atoms with Crippen molar-refractivity contribution in [3.8, 4) is 5.75 Å². The van der Waals surface area contributed by atoms with Crippen LogP contribution in [0.2, 0.25) is 0 Å². The number of quaternary nitrogens is 1. The van der Waals surface area contributed by atoms with Crippen molar-refractivity contribution in [2.75, 3.05) is 33.1 Å². The molecule has 0 radical (unpaired) electrons. The molecule has 0 bridgehead atoms. The van der Waals surface area contributed by atoms with Crippen molar-refractivity contribution < 1.29 is 23.3 Å². The summed E-state index contributed by atoms with van der Waals surface area (Å²) in [4.78, 5) is 12.7. The number of methoxy groups -OCH3 is 1. The molecule has 0 fully saturated rings. The van der Waals surface area contributed by atoms with Crippen molar-refractivity contribution in [3.05, 3.63) is 54.1 Å². The van der Waals surface area contributed by atoms with Gasteiger partial charge in [0.2, 0.25) is 10.0 Å². The number of nitrogens with two attached hydrogens (primary N) is 1. The molecule has 3 N–H and O–H groups in total. The SMILES string of the molecule is COc1ccc(S(=O)(=O)N(C)C)cc1NC(=O)C[NH2+][C@H](c1ccccc1)C(C)C. The highest BCUT2D eigenvalue weighted by molar-refractivity contribution is 7.89. The molecule has 2 aromatic carbocycles. The standard InChI is InChI=1S/C21H29N3O4S/c1-15(2)21(16-9-7-6-8-10-16)22-14-20(25)23-18-13-17(11-12-19(18)28-5)29(26,27)24(3)4/h6-13,15,21-22H,14H2,1-5H3,(H,23,25)/p+1/t21-/m0/s1. The lowest BCUT2D eigenvalue weighted by Crippen LogP contribution is -2.88. The summed E-state index contributed by atoms with van der Waals surface area (Å²) >= 11 is 0. The first-order valence-electron chi connectivity index (χ1n) is 9.45. The summed E-state index contributed by atoms with van der Waals surface area (Å²) in [5, 5.41) is 4.77. The number of rotatable bonds is 9. The van der Waals surface area contributed by atoms with Crippen LogP contribution in [0.4, 0.5) is 5.69 Å². The van der Waals surface area contributed by atoms with Gasteiger partial charge in [-0.2, -0.15) is 0 Å². The monoisotopic (exact) mass is 420 g/mol. The lowest BCUT2D eigenvalue weighted by molar-refractivity contribution is -0.692. The third-order valence-corrected chi connectivity index (χ3v) is 6.49. The van der Waals surface area contributed by atoms with E-state index in [2.05, 4.69) is 31.3 Å². The number of anilines is 1. The van der Waals surface area contributed by atoms with E-state index < -0.39 is 10.0 Å². The van der Waals surface area contributed by atoms with Crippen LogP contribution >= 0.6 is 0 Å². The number of carbonyl (C=O) groups is 1. The minimum absolute atomic E-state index is 0.0897. The normalized spacial score (nSPS) is 12.8. The van der Waals surface area contributed by atoms with Crippen LogP contribution < -0.4 is 15.4 Å². The van der Waals surface area contributed by atoms with Gasteiger partial charge in [0.1, 0.15) is 11.8 Å². The number of sulfonamides is 1. The van der Waals surface area contributed by atoms with Crippen molar-refractivity contribution in [1.29, 1.82) is 0 Å². The number of nitrogens with one attached hydrogen (secondary N) is 1. The van der Waals surface area contributed by atoms with Gasteiger partial charge in [-0.15, -0.1) is 0 Å². The van der Waals surface area contributed by atoms with Crippen molar-refractivity contribution >= 4 is 21.6 Å². The zero-order chi connectivity index (χ0) is 21.6. The third kappa shape index (κ3) is 5.79. The average Bonchev–Trinajstić information content (AvgIpc) is 2.68. The number of ether oxygens (including phenoxy) is 1. The van der Waals surface area contributed by atoms with Gasteiger partial charge in [0.25, 0.3) is 5.91 Å². The largest absolute Gasteiger partial charge is 0.495 e. The van der Waals surface area contributed by atoms with E-state index >= 15 is 0 Å². The summed E-state index contributed by atoms with van der Waals surface area (Å²) < 4.78 is 31.2. The first-order chi connectivity index (χ1) is 13.7. The number of hydrogen-bond acceptors (Lipinski definition) is 4. The fraction of sp³-hybridized carbons (Fsp3) is 0.381. The molecule has 7 nitrogen and oxygen atoms in total. The fourth-order valence-corrected chi connectivity index (χ4v) is 3.99. The molecule has 1 amide bonds. The topological polar surface area (TPSA) is 92.3 Å². The molecule has 29 heavy (non-hydrogen) atoms. The predicted octanol–water partition coefficient (Wildman–Crippen LogP) is 1.84. The van der Waals surface area contributed by atoms with E-state index in [4.69, 9.17) is 4.74 Å². The highest BCUT2D eigenvalue weighted by Crippen LogP contribution is 2.28. The number of benzene rings is 2. The molecular formula is C21H30N3O4S+. The molecule has 0 heterocycles. The molecule has 2 rings (SSSR count). The van der Waals surface area contributed by atoms with Crippen LogP contribution in [0.3, 0.4) is 0 Å². The third-order valence-electron chi connectivity index (χ3n) is 4.68. The van der Waals surface area contributed by atoms with Gasteiger partial charge < -0.3 is 15.4 Å². The molecule has 2 aromatic rings. The van der Waals surface area contributed by atoms with Crippen molar-refractivity contribution in [2.45, 2.75) is 24.8 Å². The number of nitrogens with zero attached hydrogens (tertiary/aromatic N) is 1. The van der Waals surface area contributed by atoms with Crippen LogP contribution in [-0.2, 0) is 14.8 Å². The summed E-state index contributed by atoms with van der Waals surface area (Å²) in [6, 6.07) is 14.6. The molecular weight excluding hydrogens is 390 g/mol. The van der Waals surface area contributed by atoms with Gasteiger partial charge in [0, 0.05) is 25.6 Å². The van der Waals surface area contributed by atoms with Gasteiger partial charge in [-0.05, 0) is 18.2 Å². The lowest BCUT2D eigenvalue weighted by atomic mass is 9.96. The first-order valence-corrected chi connectivity index (χ1v) is 10.9. The molecule has 158 valence electrons. The summed E-state index contributed by atoms with van der Waals surface area (Å²) in [6.07, 6.45) is 0. The second kappa shape index (κ2) is 9.87. The maximum Gasteiger partial charge on any atom is 0.279 e. The van der Waals surface area contributed by atoms with Crippen molar-refractivity contribution in [1.82, 2.24) is 4.31 Å². The van der Waals surface area contributed by atoms with E-state index in [1.807, 2.05) is 23.5 Å². The van der Waals surface area contributed by atoms with Crippen LogP contribution in [0, 0.1) is 5.92 Å². The first kappa shape index (κ1) is 22.9. The Morgan fingerprint density at radius 1 is 1.14 bits per heavy atom. The molecule has 0 unspecified atom stereocenters. The minimum atomic E-state index is -3.61. The van der Waals surface area contributed by atoms with E-state index in [9.17, 15) is 13.2 Å². The maximum absolute atomic E-state index is 12.6. The molecule has 0 saturated carbocycles. The van der Waals surface area contributed by atoms with E-state index in [1.54, 1.807) is 0 Å². The van der Waals surface area contributed by atoms with Crippen LogP contribution in [0.15, 0.2) is 53.4 Å². The van der Waals surface area contributed by atoms with E-state index in [0.29, 0.717) is 17.4 Å². The predicted molar refractivity (Wildman–Crippen MR) is 113 cm³/mol. The van der Waals surface area contributed by atoms with Crippen LogP contribution in [0.1, 0.15) is 25.5 Å². The Hall–Kier alpha value is -2.42. The van der Waals surface area contributed by atoms with Gasteiger partial charge in [-0.1, -0.05) is 44.2 Å². The van der Waals surface area contributed by atoms with Crippen LogP contribution in [0.25, 0.3) is 0 Å². The van der Waals surface area contributed by atoms with Crippen LogP contribution in [0.5, 0.6) is 5.75 Å². The molecule has 0 aliphatic heterocycles. The van der Waals surface area contributed by atoms with E-state index in [0.717, 1.165) is 9.87 Å². The Bertz CT molecular complexity index is 928. The summed E-state index contributed by atoms with van der Waals surface area (Å²) in [5.74, 6) is 0.511. The smallest absolute Gasteiger partial charge is 0.279 e. The van der Waals surface area contributed by atoms with Crippen molar-refractivity contribution in [2.24, 2.45) is 5.92 Å². The second-order valence-corrected chi connectivity index (χ2v) is 9.47. The van der Waals surface area contributed by atoms with Crippen LogP contribution in [-0.4, -0.2) is 46.4 Å². The van der Waals surface area contributed by atoms with Gasteiger partial charge in [-0.25, -0.2) is 12.7 Å². The fourth-order valence-electron chi connectivity index (χ4n) is 3.06. The number of hydrogen-bond donors (Lipinski definition) is 2. The summed E-state index contributed by atoms with van der Waals surface area (Å²) in [7, 11) is 0.781. The lowest BCUT2D eigenvalue weighted by Gasteiger charge is -2.20. The maximum atomic E-state index is 12.6. The molecule has 0 aliphatic carbocycles. The van der Waals surface area contributed by atoms with E-state index in [-0.39, 0.29) is 23.4 Å². The van der Waals surface area contributed by atoms with Gasteiger partial charge >= 0.3 is 0 Å². The van der Waals surface area contributed by atoms with Gasteiger partial charge in [0.15, 0.2) is 6.54 Å². The molecule has 0 spiro atoms. The minimum Gasteiger partial charge on any atom is -0.495 e. The highest BCUT2D eigenvalue weighted by Gasteiger charge is 2.22. The quantitative estimate of drug-likeness (QED) is 0.648. The van der Waals surface area contributed by atoms with Gasteiger partial charge in [-0.3, -0.25) is 4.79 Å². The summed E-state index contributed by atoms with van der Waals surface area (Å²) in [5.41, 5.74) is 1.49. The molecule has 1 atom stereocenters.